The molecule has 0 unspecified atom stereocenters. The molecule has 0 atom stereocenters. The lowest BCUT2D eigenvalue weighted by molar-refractivity contribution is 0.414. The highest BCUT2D eigenvalue weighted by molar-refractivity contribution is 5.15. The van der Waals surface area contributed by atoms with Crippen molar-refractivity contribution in [3.8, 4) is 0 Å². The molecule has 1 nitrogen and oxygen atoms in total. The first kappa shape index (κ1) is 11.3. The van der Waals surface area contributed by atoms with E-state index in [1.54, 1.807) is 43.4 Å². The lowest BCUT2D eigenvalue weighted by atomic mass is 10.4. The number of aliphatic hydroxyl groups excluding tert-OH is 1. The van der Waals surface area contributed by atoms with E-state index in [9.17, 15) is 0 Å². The van der Waals surface area contributed by atoms with Gasteiger partial charge in [0.25, 0.3) is 0 Å². The van der Waals surface area contributed by atoms with Gasteiger partial charge < -0.3 is 5.11 Å². The molecule has 0 aliphatic heterocycles. The number of allylic oxidation sites excluding steroid dienone is 8. The minimum Gasteiger partial charge on any atom is -0.513 e. The van der Waals surface area contributed by atoms with Crippen molar-refractivity contribution in [2.24, 2.45) is 0 Å². The molecule has 13 heavy (non-hydrogen) atoms. The van der Waals surface area contributed by atoms with Crippen LogP contribution in [0.3, 0.4) is 0 Å². The van der Waals surface area contributed by atoms with Crippen LogP contribution in [0.5, 0.6) is 0 Å². The van der Waals surface area contributed by atoms with Crippen LogP contribution in [0.25, 0.3) is 0 Å². The van der Waals surface area contributed by atoms with Crippen LogP contribution in [0, 0.1) is 0 Å². The van der Waals surface area contributed by atoms with Crippen LogP contribution >= 0.6 is 0 Å². The van der Waals surface area contributed by atoms with Crippen LogP contribution in [-0.2, 0) is 0 Å². The van der Waals surface area contributed by atoms with Crippen LogP contribution in [0.2, 0.25) is 0 Å². The summed E-state index contributed by atoms with van der Waals surface area (Å²) >= 11 is 0. The lowest BCUT2D eigenvalue weighted by Crippen LogP contribution is -1.63. The summed E-state index contributed by atoms with van der Waals surface area (Å²) in [6.45, 7) is 5.15. The molecule has 0 saturated heterocycles. The van der Waals surface area contributed by atoms with Crippen molar-refractivity contribution in [1.29, 1.82) is 0 Å². The number of hydrogen-bond donors (Lipinski definition) is 1. The van der Waals surface area contributed by atoms with Crippen molar-refractivity contribution in [2.45, 2.75) is 6.92 Å². The van der Waals surface area contributed by atoms with E-state index in [1.165, 1.54) is 0 Å². The molecule has 68 valence electrons. The average molecular weight is 174 g/mol. The zero-order valence-corrected chi connectivity index (χ0v) is 7.77. The molecule has 1 heteroatoms. The molecule has 0 radical (unpaired) electrons. The maximum absolute atomic E-state index is 8.77. The summed E-state index contributed by atoms with van der Waals surface area (Å²) in [7, 11) is 0. The molecule has 0 aliphatic carbocycles. The van der Waals surface area contributed by atoms with Gasteiger partial charge in [-0.05, 0) is 25.2 Å². The smallest absolute Gasteiger partial charge is 0.0891 e. The first-order valence-electron chi connectivity index (χ1n) is 4.00. The first-order chi connectivity index (χ1) is 6.27. The van der Waals surface area contributed by atoms with Gasteiger partial charge >= 0.3 is 0 Å². The van der Waals surface area contributed by atoms with E-state index in [-0.39, 0.29) is 0 Å². The molecule has 0 rings (SSSR count). The van der Waals surface area contributed by atoms with Gasteiger partial charge in [-0.25, -0.2) is 0 Å². The lowest BCUT2D eigenvalue weighted by Gasteiger charge is -1.79. The third kappa shape index (κ3) is 10.3. The zero-order valence-electron chi connectivity index (χ0n) is 7.77. The summed E-state index contributed by atoms with van der Waals surface area (Å²) in [5.74, 6) is 0.292. The Morgan fingerprint density at radius 1 is 1.15 bits per heavy atom. The van der Waals surface area contributed by atoms with Crippen LogP contribution in [0.1, 0.15) is 6.92 Å². The topological polar surface area (TPSA) is 20.2 Å². The largest absolute Gasteiger partial charge is 0.513 e. The highest BCUT2D eigenvalue weighted by atomic mass is 16.3. The summed E-state index contributed by atoms with van der Waals surface area (Å²) in [5.41, 5.74) is 2.91. The number of hydrogen-bond acceptors (Lipinski definition) is 1. The quantitative estimate of drug-likeness (QED) is 0.393. The molecule has 0 aromatic rings. The molecular formula is C12H14O. The SMILES string of the molecule is C=C/C=C\C=C=C/C=C\C=C(/C)O. The van der Waals surface area contributed by atoms with E-state index in [1.807, 2.05) is 12.2 Å². The van der Waals surface area contributed by atoms with E-state index >= 15 is 0 Å². The Hall–Kier alpha value is -1.72. The van der Waals surface area contributed by atoms with Crippen molar-refractivity contribution in [3.63, 3.8) is 0 Å². The van der Waals surface area contributed by atoms with E-state index in [0.29, 0.717) is 5.76 Å². The Kier molecular flexibility index (Phi) is 7.27. The fraction of sp³-hybridized carbons (Fsp3) is 0.0833. The highest BCUT2D eigenvalue weighted by Gasteiger charge is 1.69. The zero-order chi connectivity index (χ0) is 9.94. The molecule has 0 spiro atoms. The fourth-order valence-electron chi connectivity index (χ4n) is 0.551. The molecule has 1 N–H and O–H groups in total. The van der Waals surface area contributed by atoms with Crippen LogP contribution in [0.4, 0.5) is 0 Å². The van der Waals surface area contributed by atoms with Gasteiger partial charge in [-0.2, -0.15) is 0 Å². The molecule has 0 aliphatic rings. The second-order valence-corrected chi connectivity index (χ2v) is 2.31. The van der Waals surface area contributed by atoms with E-state index < -0.39 is 0 Å². The van der Waals surface area contributed by atoms with Gasteiger partial charge in [-0.15, -0.1) is 5.73 Å². The molecule has 0 aromatic carbocycles. The fourth-order valence-corrected chi connectivity index (χ4v) is 0.551. The Labute approximate surface area is 79.4 Å². The molecule has 0 amide bonds. The van der Waals surface area contributed by atoms with Crippen LogP contribution < -0.4 is 0 Å². The number of aliphatic hydroxyl groups is 1. The Balaban J connectivity index is 3.93. The molecule has 0 heterocycles. The molecule has 0 saturated carbocycles. The molecule has 0 bridgehead atoms. The van der Waals surface area contributed by atoms with Crippen molar-refractivity contribution in [2.75, 3.05) is 0 Å². The summed E-state index contributed by atoms with van der Waals surface area (Å²) in [6.07, 6.45) is 14.0. The minimum atomic E-state index is 0.292. The monoisotopic (exact) mass is 174 g/mol. The average Bonchev–Trinajstić information content (AvgIpc) is 2.09. The van der Waals surface area contributed by atoms with Crippen molar-refractivity contribution in [3.05, 3.63) is 66.7 Å². The van der Waals surface area contributed by atoms with E-state index in [4.69, 9.17) is 5.11 Å². The third-order valence-corrected chi connectivity index (χ3v) is 1.08. The highest BCUT2D eigenvalue weighted by Crippen LogP contribution is 1.85. The Bertz CT molecular complexity index is 280. The van der Waals surface area contributed by atoms with Crippen molar-refractivity contribution < 1.29 is 5.11 Å². The predicted molar refractivity (Wildman–Crippen MR) is 57.5 cm³/mol. The van der Waals surface area contributed by atoms with Gasteiger partial charge in [0, 0.05) is 0 Å². The van der Waals surface area contributed by atoms with E-state index in [2.05, 4.69) is 12.3 Å². The molecule has 0 fully saturated rings. The minimum absolute atomic E-state index is 0.292. The standard InChI is InChI=1S/C12H14O/c1-3-4-5-6-7-8-9-10-11-12(2)13/h3-6,8-11,13H,1H2,2H3/b5-4-,10-9-,12-11+. The maximum atomic E-state index is 8.77. The van der Waals surface area contributed by atoms with Gasteiger partial charge in [0.2, 0.25) is 0 Å². The molecule has 0 aromatic heterocycles. The van der Waals surface area contributed by atoms with Gasteiger partial charge in [0.1, 0.15) is 0 Å². The van der Waals surface area contributed by atoms with Gasteiger partial charge in [-0.3, -0.25) is 0 Å². The second-order valence-electron chi connectivity index (χ2n) is 2.31. The van der Waals surface area contributed by atoms with Gasteiger partial charge in [-0.1, -0.05) is 37.0 Å². The molecular weight excluding hydrogens is 160 g/mol. The number of rotatable bonds is 4. The first-order valence-corrected chi connectivity index (χ1v) is 4.00. The van der Waals surface area contributed by atoms with Crippen molar-refractivity contribution >= 4 is 0 Å². The summed E-state index contributed by atoms with van der Waals surface area (Å²) < 4.78 is 0. The van der Waals surface area contributed by atoms with Crippen LogP contribution in [-0.4, -0.2) is 5.11 Å². The third-order valence-electron chi connectivity index (χ3n) is 1.08. The predicted octanol–water partition coefficient (Wildman–Crippen LogP) is 3.46. The van der Waals surface area contributed by atoms with Crippen molar-refractivity contribution in [1.82, 2.24) is 0 Å². The van der Waals surface area contributed by atoms with Gasteiger partial charge in [0.05, 0.1) is 5.76 Å². The van der Waals surface area contributed by atoms with E-state index in [0.717, 1.165) is 0 Å². The normalized spacial score (nSPS) is 11.6. The summed E-state index contributed by atoms with van der Waals surface area (Å²) in [6, 6.07) is 0. The maximum Gasteiger partial charge on any atom is 0.0891 e. The Morgan fingerprint density at radius 3 is 2.31 bits per heavy atom. The summed E-state index contributed by atoms with van der Waals surface area (Å²) in [5, 5.41) is 8.77. The van der Waals surface area contributed by atoms with Crippen LogP contribution in [0.15, 0.2) is 66.7 Å². The van der Waals surface area contributed by atoms with Gasteiger partial charge in [0.15, 0.2) is 0 Å². The second kappa shape index (κ2) is 8.38. The Morgan fingerprint density at radius 2 is 1.77 bits per heavy atom. The summed E-state index contributed by atoms with van der Waals surface area (Å²) in [4.78, 5) is 0.